The molecule has 2 heterocycles. The van der Waals surface area contributed by atoms with E-state index < -0.39 is 0 Å². The Kier molecular flexibility index (Phi) is 5.50. The Morgan fingerprint density at radius 2 is 1.78 bits per heavy atom. The molecule has 0 unspecified atom stereocenters. The highest BCUT2D eigenvalue weighted by molar-refractivity contribution is 5.82. The van der Waals surface area contributed by atoms with Crippen molar-refractivity contribution in [2.24, 2.45) is 10.4 Å². The summed E-state index contributed by atoms with van der Waals surface area (Å²) >= 11 is 0. The molecule has 1 aromatic carbocycles. The number of nitrogens with zero attached hydrogens (tertiary/aromatic N) is 3. The quantitative estimate of drug-likeness (QED) is 0.491. The fraction of sp³-hybridized carbons (Fsp3) is 0.636. The van der Waals surface area contributed by atoms with Gasteiger partial charge in [0.25, 0.3) is 0 Å². The maximum absolute atomic E-state index is 12.5. The molecular formula is C22H34N4O. The van der Waals surface area contributed by atoms with E-state index in [1.54, 1.807) is 0 Å². The molecule has 1 amide bonds. The summed E-state index contributed by atoms with van der Waals surface area (Å²) in [6.07, 6.45) is 1.35. The fourth-order valence-electron chi connectivity index (χ4n) is 3.88. The van der Waals surface area contributed by atoms with Crippen molar-refractivity contribution in [2.75, 3.05) is 19.6 Å². The number of carbonyl (C=O) groups is 1. The minimum absolute atomic E-state index is 0.0884. The number of amides is 1. The molecule has 0 aliphatic carbocycles. The maximum Gasteiger partial charge on any atom is 0.223 e. The van der Waals surface area contributed by atoms with E-state index in [-0.39, 0.29) is 16.9 Å². The van der Waals surface area contributed by atoms with Crippen LogP contribution in [0.25, 0.3) is 0 Å². The Morgan fingerprint density at radius 1 is 1.15 bits per heavy atom. The van der Waals surface area contributed by atoms with E-state index in [2.05, 4.69) is 57.0 Å². The smallest absolute Gasteiger partial charge is 0.223 e. The van der Waals surface area contributed by atoms with E-state index in [1.165, 1.54) is 11.1 Å². The second-order valence-electron chi connectivity index (χ2n) is 8.89. The van der Waals surface area contributed by atoms with E-state index in [0.29, 0.717) is 13.0 Å². The zero-order valence-electron chi connectivity index (χ0n) is 17.5. The zero-order valence-corrected chi connectivity index (χ0v) is 17.5. The van der Waals surface area contributed by atoms with Crippen LogP contribution in [0.3, 0.4) is 0 Å². The standard InChI is InChI=1S/C22H34N4O/c1-6-23-20(26-16-21(2,3)22(26,4)5)24-13-9-12-19(27)25-14-17-10-7-8-11-18(17)15-25/h7-8,10-11H,6,9,12-16H2,1-5H3,(H,23,24). The molecule has 0 saturated carbocycles. The normalized spacial score (nSPS) is 20.3. The molecular weight excluding hydrogens is 336 g/mol. The Bertz CT molecular complexity index is 698. The number of fused-ring (bicyclic) bond motifs is 1. The van der Waals surface area contributed by atoms with Gasteiger partial charge in [-0.1, -0.05) is 38.1 Å². The molecule has 1 aromatic rings. The van der Waals surface area contributed by atoms with Gasteiger partial charge in [0.1, 0.15) is 0 Å². The minimum atomic E-state index is 0.0884. The van der Waals surface area contributed by atoms with Crippen LogP contribution in [0, 0.1) is 5.41 Å². The number of hydrogen-bond acceptors (Lipinski definition) is 2. The van der Waals surface area contributed by atoms with Gasteiger partial charge in [-0.25, -0.2) is 0 Å². The van der Waals surface area contributed by atoms with Crippen LogP contribution in [0.5, 0.6) is 0 Å². The van der Waals surface area contributed by atoms with Gasteiger partial charge >= 0.3 is 0 Å². The topological polar surface area (TPSA) is 47.9 Å². The van der Waals surface area contributed by atoms with Crippen molar-refractivity contribution in [3.8, 4) is 0 Å². The highest BCUT2D eigenvalue weighted by Crippen LogP contribution is 2.46. The van der Waals surface area contributed by atoms with Crippen LogP contribution in [0.4, 0.5) is 0 Å². The molecule has 0 atom stereocenters. The summed E-state index contributed by atoms with van der Waals surface area (Å²) < 4.78 is 0. The summed E-state index contributed by atoms with van der Waals surface area (Å²) in [7, 11) is 0. The van der Waals surface area contributed by atoms with Crippen molar-refractivity contribution in [3.63, 3.8) is 0 Å². The van der Waals surface area contributed by atoms with Crippen molar-refractivity contribution in [1.82, 2.24) is 15.1 Å². The van der Waals surface area contributed by atoms with Crippen LogP contribution >= 0.6 is 0 Å². The molecule has 2 aliphatic heterocycles. The Morgan fingerprint density at radius 3 is 2.30 bits per heavy atom. The molecule has 27 heavy (non-hydrogen) atoms. The van der Waals surface area contributed by atoms with Crippen LogP contribution in [0.15, 0.2) is 29.3 Å². The molecule has 5 heteroatoms. The number of likely N-dealkylation sites (tertiary alicyclic amines) is 1. The number of nitrogens with one attached hydrogen (secondary N) is 1. The van der Waals surface area contributed by atoms with Gasteiger partial charge in [-0.05, 0) is 38.3 Å². The first kappa shape index (κ1) is 19.7. The molecule has 0 bridgehead atoms. The first-order chi connectivity index (χ1) is 12.8. The van der Waals surface area contributed by atoms with Gasteiger partial charge in [0.15, 0.2) is 5.96 Å². The fourth-order valence-corrected chi connectivity index (χ4v) is 3.88. The van der Waals surface area contributed by atoms with Gasteiger partial charge < -0.3 is 15.1 Å². The van der Waals surface area contributed by atoms with Crippen LogP contribution < -0.4 is 5.32 Å². The number of hydrogen-bond donors (Lipinski definition) is 1. The molecule has 0 aromatic heterocycles. The van der Waals surface area contributed by atoms with E-state index in [1.807, 2.05) is 17.0 Å². The average molecular weight is 371 g/mol. The third-order valence-corrected chi connectivity index (χ3v) is 6.48. The molecule has 3 rings (SSSR count). The Labute approximate surface area is 163 Å². The Balaban J connectivity index is 1.50. The lowest BCUT2D eigenvalue weighted by atomic mass is 9.65. The van der Waals surface area contributed by atoms with Crippen molar-refractivity contribution >= 4 is 11.9 Å². The molecule has 0 spiro atoms. The first-order valence-corrected chi connectivity index (χ1v) is 10.2. The van der Waals surface area contributed by atoms with Crippen LogP contribution in [0.2, 0.25) is 0 Å². The predicted octanol–water partition coefficient (Wildman–Crippen LogP) is 3.39. The van der Waals surface area contributed by atoms with Crippen molar-refractivity contribution in [1.29, 1.82) is 0 Å². The van der Waals surface area contributed by atoms with Crippen molar-refractivity contribution in [3.05, 3.63) is 35.4 Å². The Hall–Kier alpha value is -2.04. The van der Waals surface area contributed by atoms with E-state index in [0.717, 1.165) is 38.6 Å². The van der Waals surface area contributed by atoms with Gasteiger partial charge in [-0.3, -0.25) is 9.79 Å². The zero-order chi connectivity index (χ0) is 19.7. The number of aliphatic imine (C=N–C) groups is 1. The molecule has 1 saturated heterocycles. The average Bonchev–Trinajstić information content (AvgIpc) is 3.06. The first-order valence-electron chi connectivity index (χ1n) is 10.2. The lowest BCUT2D eigenvalue weighted by Crippen LogP contribution is -2.72. The van der Waals surface area contributed by atoms with E-state index in [9.17, 15) is 4.79 Å². The van der Waals surface area contributed by atoms with Gasteiger partial charge in [0.05, 0.1) is 0 Å². The van der Waals surface area contributed by atoms with Gasteiger partial charge in [-0.2, -0.15) is 0 Å². The predicted molar refractivity (Wildman–Crippen MR) is 110 cm³/mol. The van der Waals surface area contributed by atoms with Crippen LogP contribution in [0.1, 0.15) is 58.6 Å². The maximum atomic E-state index is 12.5. The summed E-state index contributed by atoms with van der Waals surface area (Å²) in [6.45, 7) is 15.3. The highest BCUT2D eigenvalue weighted by atomic mass is 16.2. The molecule has 2 aliphatic rings. The van der Waals surface area contributed by atoms with E-state index >= 15 is 0 Å². The van der Waals surface area contributed by atoms with Crippen molar-refractivity contribution < 1.29 is 4.79 Å². The number of benzene rings is 1. The number of guanidine groups is 1. The molecule has 148 valence electrons. The third kappa shape index (κ3) is 3.83. The SMILES string of the molecule is CCNC(=NCCCC(=O)N1Cc2ccccc2C1)N1CC(C)(C)C1(C)C. The summed E-state index contributed by atoms with van der Waals surface area (Å²) in [5.74, 6) is 1.21. The monoisotopic (exact) mass is 370 g/mol. The van der Waals surface area contributed by atoms with Crippen molar-refractivity contribution in [2.45, 2.75) is 66.1 Å². The lowest BCUT2D eigenvalue weighted by Gasteiger charge is -2.62. The van der Waals surface area contributed by atoms with Gasteiger partial charge in [-0.15, -0.1) is 0 Å². The number of rotatable bonds is 5. The van der Waals surface area contributed by atoms with E-state index in [4.69, 9.17) is 4.99 Å². The molecule has 0 radical (unpaired) electrons. The second-order valence-corrected chi connectivity index (χ2v) is 8.89. The minimum Gasteiger partial charge on any atom is -0.356 e. The molecule has 1 fully saturated rings. The van der Waals surface area contributed by atoms with Crippen LogP contribution in [-0.4, -0.2) is 46.8 Å². The summed E-state index contributed by atoms with van der Waals surface area (Å²) in [4.78, 5) is 21.6. The molecule has 1 N–H and O–H groups in total. The largest absolute Gasteiger partial charge is 0.356 e. The van der Waals surface area contributed by atoms with Gasteiger partial charge in [0.2, 0.25) is 5.91 Å². The number of carbonyl (C=O) groups excluding carboxylic acids is 1. The lowest BCUT2D eigenvalue weighted by molar-refractivity contribution is -0.131. The summed E-state index contributed by atoms with van der Waals surface area (Å²) in [5.41, 5.74) is 2.93. The molecule has 5 nitrogen and oxygen atoms in total. The van der Waals surface area contributed by atoms with Crippen LogP contribution in [-0.2, 0) is 17.9 Å². The highest BCUT2D eigenvalue weighted by Gasteiger charge is 2.53. The third-order valence-electron chi connectivity index (χ3n) is 6.48. The van der Waals surface area contributed by atoms with Gasteiger partial charge in [0, 0.05) is 50.1 Å². The second kappa shape index (κ2) is 7.53. The summed E-state index contributed by atoms with van der Waals surface area (Å²) in [5, 5.41) is 3.41. The summed E-state index contributed by atoms with van der Waals surface area (Å²) in [6, 6.07) is 8.32.